The Morgan fingerprint density at radius 3 is 2.82 bits per heavy atom. The van der Waals surface area contributed by atoms with E-state index >= 15 is 0 Å². The molecule has 1 aromatic carbocycles. The van der Waals surface area contributed by atoms with Crippen molar-refractivity contribution in [2.24, 2.45) is 0 Å². The predicted octanol–water partition coefficient (Wildman–Crippen LogP) is 1.96. The topological polar surface area (TPSA) is 63.2 Å². The van der Waals surface area contributed by atoms with Gasteiger partial charge in [-0.3, -0.25) is 4.79 Å². The molecule has 0 bridgehead atoms. The van der Waals surface area contributed by atoms with Gasteiger partial charge in [0.05, 0.1) is 16.8 Å². The van der Waals surface area contributed by atoms with E-state index in [1.165, 1.54) is 29.3 Å². The Kier molecular flexibility index (Phi) is 4.50. The highest BCUT2D eigenvalue weighted by molar-refractivity contribution is 8.00. The molecule has 3 rings (SSSR count). The van der Waals surface area contributed by atoms with Crippen molar-refractivity contribution < 1.29 is 13.2 Å². The molecule has 1 N–H and O–H groups in total. The van der Waals surface area contributed by atoms with Gasteiger partial charge in [0, 0.05) is 10.9 Å². The highest BCUT2D eigenvalue weighted by Crippen LogP contribution is 2.30. The van der Waals surface area contributed by atoms with Crippen LogP contribution in [-0.4, -0.2) is 37.1 Å². The van der Waals surface area contributed by atoms with E-state index in [-0.39, 0.29) is 28.7 Å². The standard InChI is InChI=1S/C16H21NO3S2/c1-11(16(18)17-14-7-8-22(19,20)10-14)21-15-6-5-12-3-2-4-13(12)9-15/h5-6,9,11,14H,2-4,7-8,10H2,1H3,(H,17,18)/t11-,14-/m0/s1. The van der Waals surface area contributed by atoms with Crippen LogP contribution in [0.25, 0.3) is 0 Å². The number of benzene rings is 1. The summed E-state index contributed by atoms with van der Waals surface area (Å²) in [5.41, 5.74) is 2.83. The molecule has 1 fully saturated rings. The lowest BCUT2D eigenvalue weighted by Crippen LogP contribution is -2.39. The lowest BCUT2D eigenvalue weighted by atomic mass is 10.1. The number of rotatable bonds is 4. The number of amides is 1. The SMILES string of the molecule is C[C@H](Sc1ccc2c(c1)CCC2)C(=O)N[C@H]1CCS(=O)(=O)C1. The largest absolute Gasteiger partial charge is 0.351 e. The highest BCUT2D eigenvalue weighted by Gasteiger charge is 2.30. The number of aryl methyl sites for hydroxylation is 2. The van der Waals surface area contributed by atoms with Crippen molar-refractivity contribution in [3.8, 4) is 0 Å². The van der Waals surface area contributed by atoms with Crippen LogP contribution in [-0.2, 0) is 27.5 Å². The van der Waals surface area contributed by atoms with E-state index in [0.717, 1.165) is 17.7 Å². The molecule has 2 atom stereocenters. The summed E-state index contributed by atoms with van der Waals surface area (Å²) in [4.78, 5) is 13.3. The molecule has 1 aliphatic carbocycles. The monoisotopic (exact) mass is 339 g/mol. The van der Waals surface area contributed by atoms with E-state index < -0.39 is 9.84 Å². The summed E-state index contributed by atoms with van der Waals surface area (Å²) >= 11 is 1.54. The number of nitrogens with one attached hydrogen (secondary N) is 1. The van der Waals surface area contributed by atoms with E-state index in [0.29, 0.717) is 6.42 Å². The molecule has 1 heterocycles. The van der Waals surface area contributed by atoms with Gasteiger partial charge in [-0.05, 0) is 55.9 Å². The number of fused-ring (bicyclic) bond motifs is 1. The maximum Gasteiger partial charge on any atom is 0.233 e. The molecule has 0 saturated carbocycles. The molecule has 0 spiro atoms. The van der Waals surface area contributed by atoms with Crippen molar-refractivity contribution in [3.05, 3.63) is 29.3 Å². The van der Waals surface area contributed by atoms with Gasteiger partial charge in [-0.2, -0.15) is 0 Å². The highest BCUT2D eigenvalue weighted by atomic mass is 32.2. The molecule has 6 heteroatoms. The van der Waals surface area contributed by atoms with Crippen molar-refractivity contribution in [1.29, 1.82) is 0 Å². The molecule has 2 aliphatic rings. The minimum Gasteiger partial charge on any atom is -0.351 e. The summed E-state index contributed by atoms with van der Waals surface area (Å²) in [5, 5.41) is 2.65. The van der Waals surface area contributed by atoms with E-state index in [9.17, 15) is 13.2 Å². The van der Waals surface area contributed by atoms with Gasteiger partial charge in [0.15, 0.2) is 9.84 Å². The Bertz CT molecular complexity index is 685. The predicted molar refractivity (Wildman–Crippen MR) is 89.0 cm³/mol. The van der Waals surface area contributed by atoms with Gasteiger partial charge >= 0.3 is 0 Å². The molecule has 120 valence electrons. The zero-order chi connectivity index (χ0) is 15.7. The second kappa shape index (κ2) is 6.24. The van der Waals surface area contributed by atoms with Crippen LogP contribution in [0.15, 0.2) is 23.1 Å². The maximum absolute atomic E-state index is 12.2. The number of carbonyl (C=O) groups excluding carboxylic acids is 1. The zero-order valence-electron chi connectivity index (χ0n) is 12.7. The van der Waals surface area contributed by atoms with Gasteiger partial charge in [0.1, 0.15) is 0 Å². The fourth-order valence-electron chi connectivity index (χ4n) is 3.11. The average Bonchev–Trinajstić information content (AvgIpc) is 3.04. The first kappa shape index (κ1) is 15.9. The van der Waals surface area contributed by atoms with E-state index in [2.05, 4.69) is 23.5 Å². The second-order valence-corrected chi connectivity index (χ2v) is 9.80. The Morgan fingerprint density at radius 2 is 2.09 bits per heavy atom. The minimum atomic E-state index is -2.95. The molecular weight excluding hydrogens is 318 g/mol. The Labute approximate surface area is 136 Å². The van der Waals surface area contributed by atoms with Crippen molar-refractivity contribution in [1.82, 2.24) is 5.32 Å². The number of hydrogen-bond acceptors (Lipinski definition) is 4. The smallest absolute Gasteiger partial charge is 0.233 e. The summed E-state index contributed by atoms with van der Waals surface area (Å²) in [7, 11) is -2.95. The first-order valence-electron chi connectivity index (χ1n) is 7.72. The van der Waals surface area contributed by atoms with Crippen LogP contribution in [0.2, 0.25) is 0 Å². The molecule has 0 unspecified atom stereocenters. The summed E-state index contributed by atoms with van der Waals surface area (Å²) in [6.07, 6.45) is 4.04. The molecule has 4 nitrogen and oxygen atoms in total. The lowest BCUT2D eigenvalue weighted by Gasteiger charge is -2.16. The van der Waals surface area contributed by atoms with Crippen LogP contribution in [0, 0.1) is 0 Å². The van der Waals surface area contributed by atoms with Crippen molar-refractivity contribution in [2.45, 2.75) is 48.8 Å². The normalized spacial score (nSPS) is 24.0. The molecule has 1 saturated heterocycles. The number of carbonyl (C=O) groups is 1. The maximum atomic E-state index is 12.2. The van der Waals surface area contributed by atoms with Crippen LogP contribution in [0.5, 0.6) is 0 Å². The van der Waals surface area contributed by atoms with Gasteiger partial charge in [-0.25, -0.2) is 8.42 Å². The zero-order valence-corrected chi connectivity index (χ0v) is 14.3. The van der Waals surface area contributed by atoms with Crippen LogP contribution >= 0.6 is 11.8 Å². The molecule has 0 radical (unpaired) electrons. The van der Waals surface area contributed by atoms with Crippen LogP contribution in [0.3, 0.4) is 0 Å². The van der Waals surface area contributed by atoms with Crippen LogP contribution in [0.1, 0.15) is 30.9 Å². The molecule has 1 aromatic rings. The summed E-state index contributed by atoms with van der Waals surface area (Å²) in [5.74, 6) is 0.187. The van der Waals surface area contributed by atoms with Crippen LogP contribution < -0.4 is 5.32 Å². The van der Waals surface area contributed by atoms with Gasteiger partial charge < -0.3 is 5.32 Å². The fourth-order valence-corrected chi connectivity index (χ4v) is 5.72. The third-order valence-corrected chi connectivity index (χ3v) is 7.19. The van der Waals surface area contributed by atoms with Crippen molar-refractivity contribution in [3.63, 3.8) is 0 Å². The molecule has 1 amide bonds. The van der Waals surface area contributed by atoms with Gasteiger partial charge in [-0.1, -0.05) is 6.07 Å². The summed E-state index contributed by atoms with van der Waals surface area (Å²) in [6.45, 7) is 1.87. The second-order valence-electron chi connectivity index (χ2n) is 6.15. The molecule has 22 heavy (non-hydrogen) atoms. The van der Waals surface area contributed by atoms with Gasteiger partial charge in [0.2, 0.25) is 5.91 Å². The van der Waals surface area contributed by atoms with Crippen molar-refractivity contribution >= 4 is 27.5 Å². The Hall–Kier alpha value is -1.01. The molecular formula is C16H21NO3S2. The average molecular weight is 339 g/mol. The van der Waals surface area contributed by atoms with Crippen molar-refractivity contribution in [2.75, 3.05) is 11.5 Å². The number of hydrogen-bond donors (Lipinski definition) is 1. The summed E-state index contributed by atoms with van der Waals surface area (Å²) < 4.78 is 22.9. The third kappa shape index (κ3) is 3.66. The van der Waals surface area contributed by atoms with Gasteiger partial charge in [-0.15, -0.1) is 11.8 Å². The number of thioether (sulfide) groups is 1. The minimum absolute atomic E-state index is 0.0763. The Balaban J connectivity index is 1.57. The quantitative estimate of drug-likeness (QED) is 0.852. The fraction of sp³-hybridized carbons (Fsp3) is 0.562. The van der Waals surface area contributed by atoms with E-state index in [1.807, 2.05) is 6.92 Å². The first-order valence-corrected chi connectivity index (χ1v) is 10.4. The van der Waals surface area contributed by atoms with Gasteiger partial charge in [0.25, 0.3) is 0 Å². The number of sulfone groups is 1. The van der Waals surface area contributed by atoms with E-state index in [1.54, 1.807) is 0 Å². The third-order valence-electron chi connectivity index (χ3n) is 4.33. The Morgan fingerprint density at radius 1 is 1.32 bits per heavy atom. The summed E-state index contributed by atoms with van der Waals surface area (Å²) in [6, 6.07) is 6.22. The molecule has 1 aliphatic heterocycles. The molecule has 0 aromatic heterocycles. The van der Waals surface area contributed by atoms with E-state index in [4.69, 9.17) is 0 Å². The first-order chi connectivity index (χ1) is 10.4. The van der Waals surface area contributed by atoms with Crippen LogP contribution in [0.4, 0.5) is 0 Å². The lowest BCUT2D eigenvalue weighted by molar-refractivity contribution is -0.120.